The lowest BCUT2D eigenvalue weighted by molar-refractivity contribution is 0.0481. The van der Waals surface area contributed by atoms with Crippen molar-refractivity contribution < 1.29 is 4.74 Å². The number of nitrogens with one attached hydrogen (secondary N) is 1. The van der Waals surface area contributed by atoms with Crippen molar-refractivity contribution in [2.45, 2.75) is 32.9 Å². The van der Waals surface area contributed by atoms with Gasteiger partial charge < -0.3 is 10.1 Å². The molecule has 0 saturated heterocycles. The Morgan fingerprint density at radius 3 is 2.83 bits per heavy atom. The van der Waals surface area contributed by atoms with Crippen molar-refractivity contribution in [3.05, 3.63) is 35.2 Å². The van der Waals surface area contributed by atoms with E-state index in [1.165, 1.54) is 15.6 Å². The fraction of sp³-hybridized carbons (Fsp3) is 0.467. The molecule has 3 heteroatoms. The average molecular weight is 263 g/mol. The summed E-state index contributed by atoms with van der Waals surface area (Å²) in [6.45, 7) is 8.03. The molecular formula is C15H21NOS. The highest BCUT2D eigenvalue weighted by atomic mass is 32.1. The zero-order valence-electron chi connectivity index (χ0n) is 11.3. The lowest BCUT2D eigenvalue weighted by Crippen LogP contribution is -2.32. The smallest absolute Gasteiger partial charge is 0.0742 e. The zero-order valence-corrected chi connectivity index (χ0v) is 12.1. The molecule has 0 spiro atoms. The first kappa shape index (κ1) is 13.5. The molecule has 2 unspecified atom stereocenters. The van der Waals surface area contributed by atoms with Crippen molar-refractivity contribution in [1.29, 1.82) is 0 Å². The van der Waals surface area contributed by atoms with Gasteiger partial charge in [0.05, 0.1) is 12.1 Å². The quantitative estimate of drug-likeness (QED) is 0.851. The number of likely N-dealkylation sites (N-methyl/N-ethyl adjacent to an activating group) is 1. The lowest BCUT2D eigenvalue weighted by atomic mass is 10.0. The molecule has 0 aliphatic heterocycles. The minimum atomic E-state index is 0.183. The van der Waals surface area contributed by atoms with Gasteiger partial charge >= 0.3 is 0 Å². The SMILES string of the molecule is CCNC(c1cccc2ccsc12)C(C)OCC. The van der Waals surface area contributed by atoms with E-state index in [0.717, 1.165) is 13.2 Å². The Hall–Kier alpha value is -0.900. The predicted molar refractivity (Wildman–Crippen MR) is 79.3 cm³/mol. The summed E-state index contributed by atoms with van der Waals surface area (Å²) in [7, 11) is 0. The molecule has 2 atom stereocenters. The average Bonchev–Trinajstić information content (AvgIpc) is 2.84. The molecule has 18 heavy (non-hydrogen) atoms. The Balaban J connectivity index is 2.37. The van der Waals surface area contributed by atoms with Crippen LogP contribution < -0.4 is 5.32 Å². The monoisotopic (exact) mass is 263 g/mol. The maximum absolute atomic E-state index is 5.78. The van der Waals surface area contributed by atoms with Crippen molar-refractivity contribution in [3.8, 4) is 0 Å². The van der Waals surface area contributed by atoms with Crippen LogP contribution in [0.15, 0.2) is 29.6 Å². The molecule has 2 nitrogen and oxygen atoms in total. The minimum Gasteiger partial charge on any atom is -0.377 e. The number of thiophene rings is 1. The van der Waals surface area contributed by atoms with E-state index in [2.05, 4.69) is 48.8 Å². The molecule has 0 radical (unpaired) electrons. The molecule has 1 heterocycles. The first-order valence-electron chi connectivity index (χ1n) is 6.59. The maximum atomic E-state index is 5.78. The van der Waals surface area contributed by atoms with Crippen LogP contribution in [-0.4, -0.2) is 19.3 Å². The number of ether oxygens (including phenoxy) is 1. The van der Waals surface area contributed by atoms with E-state index >= 15 is 0 Å². The molecule has 1 aromatic carbocycles. The van der Waals surface area contributed by atoms with Gasteiger partial charge in [0, 0.05) is 11.3 Å². The Labute approximate surface area is 113 Å². The Bertz CT molecular complexity index is 494. The normalized spacial score (nSPS) is 14.8. The third-order valence-electron chi connectivity index (χ3n) is 3.17. The van der Waals surface area contributed by atoms with E-state index in [0.29, 0.717) is 0 Å². The summed E-state index contributed by atoms with van der Waals surface area (Å²) in [4.78, 5) is 0. The molecule has 0 aliphatic carbocycles. The molecule has 0 amide bonds. The van der Waals surface area contributed by atoms with Crippen molar-refractivity contribution in [2.24, 2.45) is 0 Å². The lowest BCUT2D eigenvalue weighted by Gasteiger charge is -2.25. The van der Waals surface area contributed by atoms with E-state index in [4.69, 9.17) is 4.74 Å². The molecule has 0 bridgehead atoms. The number of fused-ring (bicyclic) bond motifs is 1. The second-order valence-corrected chi connectivity index (χ2v) is 5.30. The Morgan fingerprint density at radius 2 is 2.11 bits per heavy atom. The van der Waals surface area contributed by atoms with Crippen molar-refractivity contribution in [1.82, 2.24) is 5.32 Å². The fourth-order valence-electron chi connectivity index (χ4n) is 2.37. The summed E-state index contributed by atoms with van der Waals surface area (Å²) in [6.07, 6.45) is 0.183. The van der Waals surface area contributed by atoms with Crippen LogP contribution in [-0.2, 0) is 4.74 Å². The van der Waals surface area contributed by atoms with Gasteiger partial charge in [-0.2, -0.15) is 0 Å². The fourth-order valence-corrected chi connectivity index (χ4v) is 3.32. The van der Waals surface area contributed by atoms with Crippen LogP contribution in [0, 0.1) is 0 Å². The van der Waals surface area contributed by atoms with Crippen LogP contribution in [0.2, 0.25) is 0 Å². The van der Waals surface area contributed by atoms with E-state index in [1.54, 1.807) is 0 Å². The first-order chi connectivity index (χ1) is 8.77. The van der Waals surface area contributed by atoms with Gasteiger partial charge in [-0.1, -0.05) is 25.1 Å². The van der Waals surface area contributed by atoms with Gasteiger partial charge in [-0.25, -0.2) is 0 Å². The topological polar surface area (TPSA) is 21.3 Å². The number of hydrogen-bond acceptors (Lipinski definition) is 3. The highest BCUT2D eigenvalue weighted by Gasteiger charge is 2.20. The molecule has 2 aromatic rings. The van der Waals surface area contributed by atoms with Gasteiger partial charge in [-0.15, -0.1) is 11.3 Å². The van der Waals surface area contributed by atoms with Gasteiger partial charge in [0.2, 0.25) is 0 Å². The third kappa shape index (κ3) is 2.74. The van der Waals surface area contributed by atoms with Crippen molar-refractivity contribution in [2.75, 3.05) is 13.2 Å². The van der Waals surface area contributed by atoms with Gasteiger partial charge in [0.25, 0.3) is 0 Å². The van der Waals surface area contributed by atoms with Gasteiger partial charge in [0.15, 0.2) is 0 Å². The number of rotatable bonds is 6. The zero-order chi connectivity index (χ0) is 13.0. The molecular weight excluding hydrogens is 242 g/mol. The van der Waals surface area contributed by atoms with Crippen LogP contribution in [0.5, 0.6) is 0 Å². The molecule has 0 fully saturated rings. The number of benzene rings is 1. The summed E-state index contributed by atoms with van der Waals surface area (Å²) in [6, 6.07) is 8.95. The Morgan fingerprint density at radius 1 is 1.28 bits per heavy atom. The second-order valence-electron chi connectivity index (χ2n) is 4.38. The van der Waals surface area contributed by atoms with Crippen molar-refractivity contribution >= 4 is 21.4 Å². The largest absolute Gasteiger partial charge is 0.377 e. The summed E-state index contributed by atoms with van der Waals surface area (Å²) in [5, 5.41) is 7.03. The maximum Gasteiger partial charge on any atom is 0.0742 e. The van der Waals surface area contributed by atoms with E-state index < -0.39 is 0 Å². The van der Waals surface area contributed by atoms with E-state index in [9.17, 15) is 0 Å². The summed E-state index contributed by atoms with van der Waals surface area (Å²) < 4.78 is 7.15. The van der Waals surface area contributed by atoms with Crippen LogP contribution in [0.25, 0.3) is 10.1 Å². The van der Waals surface area contributed by atoms with Crippen LogP contribution in [0.1, 0.15) is 32.4 Å². The molecule has 1 N–H and O–H groups in total. The predicted octanol–water partition coefficient (Wildman–Crippen LogP) is 3.98. The summed E-state index contributed by atoms with van der Waals surface area (Å²) >= 11 is 1.81. The third-order valence-corrected chi connectivity index (χ3v) is 4.15. The molecule has 1 aromatic heterocycles. The van der Waals surface area contributed by atoms with Crippen LogP contribution >= 0.6 is 11.3 Å². The summed E-state index contributed by atoms with van der Waals surface area (Å²) in [5.41, 5.74) is 1.35. The highest BCUT2D eigenvalue weighted by molar-refractivity contribution is 7.17. The molecule has 2 rings (SSSR count). The second kappa shape index (κ2) is 6.32. The Kier molecular flexibility index (Phi) is 4.75. The highest BCUT2D eigenvalue weighted by Crippen LogP contribution is 2.31. The summed E-state index contributed by atoms with van der Waals surface area (Å²) in [5.74, 6) is 0. The van der Waals surface area contributed by atoms with Crippen LogP contribution in [0.3, 0.4) is 0 Å². The van der Waals surface area contributed by atoms with Gasteiger partial charge in [0.1, 0.15) is 0 Å². The van der Waals surface area contributed by atoms with E-state index in [-0.39, 0.29) is 12.1 Å². The first-order valence-corrected chi connectivity index (χ1v) is 7.47. The number of hydrogen-bond donors (Lipinski definition) is 1. The van der Waals surface area contributed by atoms with Gasteiger partial charge in [-0.05, 0) is 42.8 Å². The molecule has 0 saturated carbocycles. The standard InChI is InChI=1S/C15H21NOS/c1-4-16-14(11(3)17-5-2)13-8-6-7-12-9-10-18-15(12)13/h6-11,14,16H,4-5H2,1-3H3. The molecule has 0 aliphatic rings. The van der Waals surface area contributed by atoms with Crippen molar-refractivity contribution in [3.63, 3.8) is 0 Å². The van der Waals surface area contributed by atoms with E-state index in [1.807, 2.05) is 18.3 Å². The molecule has 98 valence electrons. The van der Waals surface area contributed by atoms with Crippen LogP contribution in [0.4, 0.5) is 0 Å². The minimum absolute atomic E-state index is 0.183. The van der Waals surface area contributed by atoms with Gasteiger partial charge in [-0.3, -0.25) is 0 Å².